The molecule has 6 nitrogen and oxygen atoms in total. The molecule has 1 amide bonds. The van der Waals surface area contributed by atoms with Crippen molar-refractivity contribution in [3.8, 4) is 5.75 Å². The van der Waals surface area contributed by atoms with Gasteiger partial charge in [-0.05, 0) is 58.7 Å². The molecule has 1 aromatic carbocycles. The Balaban J connectivity index is 1.47. The Morgan fingerprint density at radius 2 is 1.86 bits per heavy atom. The zero-order valence-electron chi connectivity index (χ0n) is 17.0. The Bertz CT molecular complexity index is 930. The number of nitrogens with one attached hydrogen (secondary N) is 1. The zero-order chi connectivity index (χ0) is 20.8. The number of hydrogen-bond donors (Lipinski definition) is 1. The van der Waals surface area contributed by atoms with Crippen LogP contribution in [0.4, 0.5) is 10.2 Å². The molecule has 2 fully saturated rings. The number of nitrogens with zero attached hydrogens (tertiary/aromatic N) is 1. The first-order chi connectivity index (χ1) is 13.6. The number of amides is 1. The van der Waals surface area contributed by atoms with Crippen LogP contribution in [0.2, 0.25) is 0 Å². The second-order valence-corrected chi connectivity index (χ2v) is 8.47. The fourth-order valence-corrected chi connectivity index (χ4v) is 2.95. The van der Waals surface area contributed by atoms with E-state index in [9.17, 15) is 9.18 Å². The topological polar surface area (TPSA) is 69.7 Å². The number of carbonyl (C=O) groups is 1. The second kappa shape index (κ2) is 7.11. The van der Waals surface area contributed by atoms with Gasteiger partial charge in [-0.2, -0.15) is 0 Å². The van der Waals surface area contributed by atoms with E-state index < -0.39 is 30.0 Å². The van der Waals surface area contributed by atoms with Crippen LogP contribution < -0.4 is 15.5 Å². The van der Waals surface area contributed by atoms with Crippen molar-refractivity contribution in [3.05, 3.63) is 47.9 Å². The van der Waals surface area contributed by atoms with Crippen LogP contribution in [0.1, 0.15) is 50.9 Å². The van der Waals surface area contributed by atoms with E-state index in [0.717, 1.165) is 12.8 Å². The van der Waals surface area contributed by atoms with Crippen LogP contribution in [-0.2, 0) is 9.31 Å². The van der Waals surface area contributed by atoms with Gasteiger partial charge in [0, 0.05) is 23.3 Å². The molecular formula is C21H24BFN2O4. The zero-order valence-corrected chi connectivity index (χ0v) is 17.0. The van der Waals surface area contributed by atoms with E-state index in [4.69, 9.17) is 14.0 Å². The van der Waals surface area contributed by atoms with Crippen LogP contribution in [0, 0.1) is 5.82 Å². The molecule has 1 saturated carbocycles. The molecule has 0 radical (unpaired) electrons. The normalized spacial score (nSPS) is 19.8. The molecule has 0 spiro atoms. The summed E-state index contributed by atoms with van der Waals surface area (Å²) in [5, 5.41) is 2.68. The number of rotatable bonds is 5. The van der Waals surface area contributed by atoms with E-state index in [2.05, 4.69) is 10.3 Å². The van der Waals surface area contributed by atoms with E-state index in [-0.39, 0.29) is 17.1 Å². The SMILES string of the molecule is CC1(C)OB(c2ccc(C(=O)Nc3cc(OC4CC4)ccn3)cc2F)OC1(C)C. The summed E-state index contributed by atoms with van der Waals surface area (Å²) in [6, 6.07) is 7.65. The Labute approximate surface area is 169 Å². The molecule has 1 aliphatic heterocycles. The standard InChI is InChI=1S/C21H24BFN2O4/c1-20(2)21(3,4)29-22(28-20)16-8-5-13(11-17(16)23)19(26)25-18-12-15(9-10-24-18)27-14-6-7-14/h5,8-12,14H,6-7H2,1-4H3,(H,24,25,26). The third-order valence-corrected chi connectivity index (χ3v) is 5.57. The molecule has 4 rings (SSSR count). The summed E-state index contributed by atoms with van der Waals surface area (Å²) >= 11 is 0. The van der Waals surface area contributed by atoms with Gasteiger partial charge in [0.05, 0.1) is 17.3 Å². The summed E-state index contributed by atoms with van der Waals surface area (Å²) in [4.78, 5) is 16.7. The van der Waals surface area contributed by atoms with Crippen molar-refractivity contribution in [3.63, 3.8) is 0 Å². The molecule has 29 heavy (non-hydrogen) atoms. The van der Waals surface area contributed by atoms with Crippen LogP contribution in [0.25, 0.3) is 0 Å². The lowest BCUT2D eigenvalue weighted by atomic mass is 9.78. The van der Waals surface area contributed by atoms with Gasteiger partial charge in [-0.3, -0.25) is 4.79 Å². The fourth-order valence-electron chi connectivity index (χ4n) is 2.95. The van der Waals surface area contributed by atoms with E-state index in [1.807, 2.05) is 27.7 Å². The minimum Gasteiger partial charge on any atom is -0.490 e. The first-order valence-corrected chi connectivity index (χ1v) is 9.74. The number of pyridine rings is 1. The van der Waals surface area contributed by atoms with Gasteiger partial charge in [0.15, 0.2) is 0 Å². The molecule has 152 valence electrons. The van der Waals surface area contributed by atoms with E-state index in [1.165, 1.54) is 12.1 Å². The second-order valence-electron chi connectivity index (χ2n) is 8.47. The van der Waals surface area contributed by atoms with E-state index in [0.29, 0.717) is 11.6 Å². The van der Waals surface area contributed by atoms with Crippen molar-refractivity contribution in [2.45, 2.75) is 57.8 Å². The number of ether oxygens (including phenoxy) is 1. The molecule has 1 N–H and O–H groups in total. The van der Waals surface area contributed by atoms with Gasteiger partial charge < -0.3 is 19.4 Å². The van der Waals surface area contributed by atoms with Crippen LogP contribution in [0.15, 0.2) is 36.5 Å². The third-order valence-electron chi connectivity index (χ3n) is 5.57. The highest BCUT2D eigenvalue weighted by molar-refractivity contribution is 6.62. The average Bonchev–Trinajstić information content (AvgIpc) is 3.41. The van der Waals surface area contributed by atoms with Crippen molar-refractivity contribution in [2.24, 2.45) is 0 Å². The lowest BCUT2D eigenvalue weighted by molar-refractivity contribution is 0.00578. The maximum Gasteiger partial charge on any atom is 0.497 e. The number of hydrogen-bond acceptors (Lipinski definition) is 5. The molecule has 1 aromatic heterocycles. The third kappa shape index (κ3) is 4.14. The maximum atomic E-state index is 14.7. The van der Waals surface area contributed by atoms with Gasteiger partial charge in [-0.1, -0.05) is 6.07 Å². The molecule has 1 saturated heterocycles. The summed E-state index contributed by atoms with van der Waals surface area (Å²) in [5.41, 5.74) is -0.699. The van der Waals surface area contributed by atoms with Gasteiger partial charge in [0.25, 0.3) is 5.91 Å². The maximum absolute atomic E-state index is 14.7. The predicted molar refractivity (Wildman–Crippen MR) is 108 cm³/mol. The van der Waals surface area contributed by atoms with Gasteiger partial charge >= 0.3 is 7.12 Å². The minimum atomic E-state index is -0.824. The monoisotopic (exact) mass is 398 g/mol. The molecule has 8 heteroatoms. The summed E-state index contributed by atoms with van der Waals surface area (Å²) in [7, 11) is -0.824. The first-order valence-electron chi connectivity index (χ1n) is 9.74. The number of benzene rings is 1. The summed E-state index contributed by atoms with van der Waals surface area (Å²) < 4.78 is 32.2. The van der Waals surface area contributed by atoms with Crippen molar-refractivity contribution < 1.29 is 23.2 Å². The van der Waals surface area contributed by atoms with Crippen molar-refractivity contribution in [1.82, 2.24) is 4.98 Å². The van der Waals surface area contributed by atoms with Gasteiger partial charge in [-0.25, -0.2) is 9.37 Å². The lowest BCUT2D eigenvalue weighted by Gasteiger charge is -2.32. The Hall–Kier alpha value is -2.45. The molecule has 0 bridgehead atoms. The van der Waals surface area contributed by atoms with Crippen LogP contribution in [0.5, 0.6) is 5.75 Å². The van der Waals surface area contributed by atoms with E-state index in [1.54, 1.807) is 24.4 Å². The molecule has 0 atom stereocenters. The fraction of sp³-hybridized carbons (Fsp3) is 0.429. The molecule has 2 aliphatic rings. The number of carbonyl (C=O) groups excluding carboxylic acids is 1. The number of halogens is 1. The predicted octanol–water partition coefficient (Wildman–Crippen LogP) is 3.31. The van der Waals surface area contributed by atoms with E-state index >= 15 is 0 Å². The highest BCUT2D eigenvalue weighted by atomic mass is 19.1. The van der Waals surface area contributed by atoms with Crippen LogP contribution >= 0.6 is 0 Å². The smallest absolute Gasteiger partial charge is 0.490 e. The van der Waals surface area contributed by atoms with Crippen LogP contribution in [-0.4, -0.2) is 35.3 Å². The highest BCUT2D eigenvalue weighted by Gasteiger charge is 2.52. The lowest BCUT2D eigenvalue weighted by Crippen LogP contribution is -2.41. The Morgan fingerprint density at radius 3 is 2.48 bits per heavy atom. The summed E-state index contributed by atoms with van der Waals surface area (Å²) in [6.07, 6.45) is 3.89. The van der Waals surface area contributed by atoms with Gasteiger partial charge in [-0.15, -0.1) is 0 Å². The molecule has 2 heterocycles. The summed E-state index contributed by atoms with van der Waals surface area (Å²) in [6.45, 7) is 7.61. The number of aromatic nitrogens is 1. The largest absolute Gasteiger partial charge is 0.497 e. The first kappa shape index (κ1) is 19.9. The molecular weight excluding hydrogens is 374 g/mol. The highest BCUT2D eigenvalue weighted by Crippen LogP contribution is 2.36. The van der Waals surface area contributed by atoms with Crippen molar-refractivity contribution in [2.75, 3.05) is 5.32 Å². The molecule has 0 unspecified atom stereocenters. The average molecular weight is 398 g/mol. The number of anilines is 1. The van der Waals surface area contributed by atoms with Gasteiger partial charge in [0.2, 0.25) is 0 Å². The molecule has 2 aromatic rings. The van der Waals surface area contributed by atoms with Crippen LogP contribution in [0.3, 0.4) is 0 Å². The van der Waals surface area contributed by atoms with Crippen molar-refractivity contribution in [1.29, 1.82) is 0 Å². The van der Waals surface area contributed by atoms with Crippen molar-refractivity contribution >= 4 is 24.3 Å². The molecule has 1 aliphatic carbocycles. The Morgan fingerprint density at radius 1 is 1.17 bits per heavy atom. The summed E-state index contributed by atoms with van der Waals surface area (Å²) in [5.74, 6) is -0.0148. The Kier molecular flexibility index (Phi) is 4.87. The minimum absolute atomic E-state index is 0.179. The van der Waals surface area contributed by atoms with Gasteiger partial charge in [0.1, 0.15) is 17.4 Å². The quantitative estimate of drug-likeness (QED) is 0.783.